The average Bonchev–Trinajstić information content (AvgIpc) is 2.91. The third-order valence-corrected chi connectivity index (χ3v) is 8.31. The minimum atomic E-state index is 0. The van der Waals surface area contributed by atoms with E-state index in [-0.39, 0.29) is 48.9 Å². The number of rotatable bonds is 8. The number of aryl methyl sites for hydroxylation is 1. The Bertz CT molecular complexity index is 1690. The first kappa shape index (κ1) is 33.7. The molecule has 0 bridgehead atoms. The largest absolute Gasteiger partial charge is 0.512 e. The summed E-state index contributed by atoms with van der Waals surface area (Å²) in [6.07, 6.45) is 7.91. The molecular weight excluding hydrogens is 695 g/mol. The van der Waals surface area contributed by atoms with Gasteiger partial charge in [-0.3, -0.25) is 4.79 Å². The van der Waals surface area contributed by atoms with Crippen LogP contribution in [0.4, 0.5) is 0 Å². The van der Waals surface area contributed by atoms with E-state index in [1.165, 1.54) is 44.0 Å². The fourth-order valence-electron chi connectivity index (χ4n) is 6.18. The molecule has 4 aromatic carbocycles. The number of allylic oxidation sites excluding steroid dienone is 2. The van der Waals surface area contributed by atoms with Crippen molar-refractivity contribution in [2.45, 2.75) is 87.5 Å². The number of ketones is 1. The Kier molecular flexibility index (Phi) is 11.3. The number of hydrogen-bond acceptors (Lipinski definition) is 3. The van der Waals surface area contributed by atoms with E-state index >= 15 is 0 Å². The van der Waals surface area contributed by atoms with Crippen molar-refractivity contribution >= 4 is 49.0 Å². The molecule has 1 N–H and O–H groups in total. The number of benzene rings is 4. The van der Waals surface area contributed by atoms with Gasteiger partial charge in [-0.05, 0) is 70.8 Å². The molecule has 5 aromatic rings. The SMILES string of the molecule is CCC(CC)C(=O)/C=C(\O)C(CC)CC.Cc1[c-]c2c3nccc4cc(CC(C)(C)C)cc(c5cccc(c1)c25)c43.[Ir]. The molecule has 42 heavy (non-hydrogen) atoms. The summed E-state index contributed by atoms with van der Waals surface area (Å²) in [5, 5.41) is 18.7. The number of aliphatic hydroxyl groups excluding tert-OH is 1. The van der Waals surface area contributed by atoms with E-state index in [9.17, 15) is 9.90 Å². The van der Waals surface area contributed by atoms with Crippen LogP contribution in [0.25, 0.3) is 43.2 Å². The Morgan fingerprint density at radius 3 is 2.17 bits per heavy atom. The van der Waals surface area contributed by atoms with Gasteiger partial charge in [0.25, 0.3) is 0 Å². The molecule has 1 radical (unpaired) electrons. The second-order valence-corrected chi connectivity index (χ2v) is 12.7. The van der Waals surface area contributed by atoms with Crippen molar-refractivity contribution in [2.75, 3.05) is 0 Å². The standard InChI is InChI=1S/C25H22N.C13H24O2.Ir/c1-15-10-17-6-5-7-19-20-13-16(14-25(2,3)4)12-18-8-9-26-24(23(18)20)21(11-15)22(17)19;1-5-10(6-2)12(14)9-13(15)11(7-3)8-4;/h5-10,12-13H,14H2,1-4H3;9-11,14H,5-8H2,1-4H3;/q-1;;/b;12-9-;. The third-order valence-electron chi connectivity index (χ3n) is 8.31. The third kappa shape index (κ3) is 7.21. The minimum Gasteiger partial charge on any atom is -0.512 e. The molecule has 0 fully saturated rings. The summed E-state index contributed by atoms with van der Waals surface area (Å²) in [4.78, 5) is 16.5. The van der Waals surface area contributed by atoms with Gasteiger partial charge in [-0.2, -0.15) is 0 Å². The maximum atomic E-state index is 11.7. The van der Waals surface area contributed by atoms with E-state index < -0.39 is 0 Å². The molecule has 3 nitrogen and oxygen atoms in total. The number of carbonyl (C=O) groups excluding carboxylic acids is 1. The van der Waals surface area contributed by atoms with Crippen LogP contribution in [0.1, 0.15) is 85.3 Å². The molecule has 0 saturated carbocycles. The Balaban J connectivity index is 0.000000263. The van der Waals surface area contributed by atoms with Gasteiger partial charge in [0.15, 0.2) is 5.78 Å². The fraction of sp³-hybridized carbons (Fsp3) is 0.421. The van der Waals surface area contributed by atoms with Crippen molar-refractivity contribution in [3.05, 3.63) is 77.7 Å². The van der Waals surface area contributed by atoms with Gasteiger partial charge < -0.3 is 10.1 Å². The van der Waals surface area contributed by atoms with Gasteiger partial charge in [0.2, 0.25) is 0 Å². The van der Waals surface area contributed by atoms with Crippen LogP contribution in [0.2, 0.25) is 0 Å². The molecule has 0 unspecified atom stereocenters. The molecule has 4 heteroatoms. The van der Waals surface area contributed by atoms with Crippen LogP contribution in [0.5, 0.6) is 0 Å². The second-order valence-electron chi connectivity index (χ2n) is 12.7. The number of pyridine rings is 1. The molecule has 0 aliphatic carbocycles. The van der Waals surface area contributed by atoms with Gasteiger partial charge in [0, 0.05) is 44.2 Å². The molecule has 0 atom stereocenters. The molecule has 225 valence electrons. The molecule has 0 aliphatic heterocycles. The summed E-state index contributed by atoms with van der Waals surface area (Å²) in [5.74, 6) is 0.547. The Morgan fingerprint density at radius 2 is 1.55 bits per heavy atom. The van der Waals surface area contributed by atoms with Gasteiger partial charge in [-0.15, -0.1) is 28.5 Å². The topological polar surface area (TPSA) is 50.2 Å². The number of fused-ring (bicyclic) bond motifs is 2. The second kappa shape index (κ2) is 14.1. The number of nitrogens with zero attached hydrogens (tertiary/aromatic N) is 1. The summed E-state index contributed by atoms with van der Waals surface area (Å²) in [6, 6.07) is 19.3. The summed E-state index contributed by atoms with van der Waals surface area (Å²) >= 11 is 0. The summed E-state index contributed by atoms with van der Waals surface area (Å²) in [7, 11) is 0. The molecule has 0 saturated heterocycles. The van der Waals surface area contributed by atoms with Crippen molar-refractivity contribution in [2.24, 2.45) is 17.3 Å². The molecule has 0 spiro atoms. The van der Waals surface area contributed by atoms with E-state index in [1.807, 2.05) is 33.9 Å². The van der Waals surface area contributed by atoms with Crippen molar-refractivity contribution in [1.82, 2.24) is 4.98 Å². The number of carbonyl (C=O) groups is 1. The smallest absolute Gasteiger partial charge is 0.162 e. The van der Waals surface area contributed by atoms with Gasteiger partial charge in [0.05, 0.1) is 5.76 Å². The van der Waals surface area contributed by atoms with E-state index in [0.717, 1.165) is 48.6 Å². The molecule has 0 amide bonds. The number of aromatic nitrogens is 1. The normalized spacial score (nSPS) is 12.4. The Hall–Kier alpha value is -2.81. The van der Waals surface area contributed by atoms with E-state index in [1.54, 1.807) is 0 Å². The zero-order valence-corrected chi connectivity index (χ0v) is 28.9. The predicted molar refractivity (Wildman–Crippen MR) is 176 cm³/mol. The first-order valence-corrected chi connectivity index (χ1v) is 15.3. The number of aliphatic hydroxyl groups is 1. The molecule has 1 aromatic heterocycles. The van der Waals surface area contributed by atoms with Crippen LogP contribution in [0, 0.1) is 30.2 Å². The van der Waals surface area contributed by atoms with Crippen molar-refractivity contribution < 1.29 is 30.0 Å². The monoisotopic (exact) mass is 741 g/mol. The van der Waals surface area contributed by atoms with Crippen LogP contribution in [-0.2, 0) is 31.3 Å². The van der Waals surface area contributed by atoms with Crippen molar-refractivity contribution in [1.29, 1.82) is 0 Å². The maximum absolute atomic E-state index is 11.7. The first-order chi connectivity index (χ1) is 19.5. The zero-order valence-electron chi connectivity index (χ0n) is 26.5. The number of hydrogen-bond donors (Lipinski definition) is 1. The summed E-state index contributed by atoms with van der Waals surface area (Å²) in [6.45, 7) is 17.1. The van der Waals surface area contributed by atoms with Crippen LogP contribution in [0.15, 0.2) is 60.5 Å². The maximum Gasteiger partial charge on any atom is 0.162 e. The van der Waals surface area contributed by atoms with Gasteiger partial charge in [-0.1, -0.05) is 96.5 Å². The van der Waals surface area contributed by atoms with Crippen molar-refractivity contribution in [3.63, 3.8) is 0 Å². The average molecular weight is 741 g/mol. The molecule has 1 heterocycles. The van der Waals surface area contributed by atoms with Crippen LogP contribution in [-0.4, -0.2) is 15.9 Å². The van der Waals surface area contributed by atoms with Crippen LogP contribution in [0.3, 0.4) is 0 Å². The van der Waals surface area contributed by atoms with E-state index in [0.29, 0.717) is 0 Å². The molecule has 0 aliphatic rings. The van der Waals surface area contributed by atoms with Gasteiger partial charge >= 0.3 is 0 Å². The Labute approximate surface area is 265 Å². The summed E-state index contributed by atoms with van der Waals surface area (Å²) in [5.41, 5.74) is 3.90. The quantitative estimate of drug-likeness (QED) is 0.0567. The molecular formula is C38H46IrNO2-. The van der Waals surface area contributed by atoms with E-state index in [4.69, 9.17) is 4.98 Å². The first-order valence-electron chi connectivity index (χ1n) is 15.3. The van der Waals surface area contributed by atoms with Gasteiger partial charge in [0.1, 0.15) is 0 Å². The Morgan fingerprint density at radius 1 is 0.905 bits per heavy atom. The van der Waals surface area contributed by atoms with Crippen molar-refractivity contribution in [3.8, 4) is 0 Å². The fourth-order valence-corrected chi connectivity index (χ4v) is 6.18. The van der Waals surface area contributed by atoms with Gasteiger partial charge in [-0.25, -0.2) is 0 Å². The van der Waals surface area contributed by atoms with Crippen LogP contribution < -0.4 is 0 Å². The minimum absolute atomic E-state index is 0. The van der Waals surface area contributed by atoms with Crippen LogP contribution >= 0.6 is 0 Å². The van der Waals surface area contributed by atoms with E-state index in [2.05, 4.69) is 76.2 Å². The summed E-state index contributed by atoms with van der Waals surface area (Å²) < 4.78 is 0. The zero-order chi connectivity index (χ0) is 29.9. The molecule has 5 rings (SSSR count). The predicted octanol–water partition coefficient (Wildman–Crippen LogP) is 10.7.